The van der Waals surface area contributed by atoms with Crippen molar-refractivity contribution in [1.29, 1.82) is 0 Å². The Hall–Kier alpha value is -3.45. The standard InChI is InChI=1S/C22H18N2O4S/c1-12-21(29-13(2)23-12)19(26)17-18(14-8-10-16(25)11-9-14)24(22(28)20(17)27)15-6-4-3-5-7-15/h3-11,18,25,27H,1-2H3. The zero-order chi connectivity index (χ0) is 20.7. The van der Waals surface area contributed by atoms with Crippen molar-refractivity contribution in [2.75, 3.05) is 4.90 Å². The lowest BCUT2D eigenvalue weighted by Gasteiger charge is -2.26. The number of hydrogen-bond donors (Lipinski definition) is 2. The van der Waals surface area contributed by atoms with Crippen LogP contribution in [0.1, 0.15) is 32.0 Å². The number of phenolic OH excluding ortho intramolecular Hbond substituents is 1. The van der Waals surface area contributed by atoms with Crippen molar-refractivity contribution >= 4 is 28.7 Å². The number of para-hydroxylation sites is 1. The lowest BCUT2D eigenvalue weighted by atomic mass is 9.94. The van der Waals surface area contributed by atoms with Crippen LogP contribution in [0.15, 0.2) is 65.9 Å². The quantitative estimate of drug-likeness (QED) is 0.632. The average molecular weight is 406 g/mol. The molecule has 0 aliphatic carbocycles. The first-order valence-corrected chi connectivity index (χ1v) is 9.79. The number of rotatable bonds is 4. The Kier molecular flexibility index (Phi) is 4.68. The lowest BCUT2D eigenvalue weighted by Crippen LogP contribution is -2.31. The van der Waals surface area contributed by atoms with Gasteiger partial charge in [0.15, 0.2) is 5.76 Å². The number of ketones is 1. The number of phenols is 1. The van der Waals surface area contributed by atoms with E-state index in [-0.39, 0.29) is 11.3 Å². The number of Topliss-reactive ketones (excluding diaryl/α,β-unsaturated/α-hetero) is 1. The second kappa shape index (κ2) is 7.18. The van der Waals surface area contributed by atoms with E-state index < -0.39 is 23.5 Å². The van der Waals surface area contributed by atoms with E-state index in [0.29, 0.717) is 21.8 Å². The van der Waals surface area contributed by atoms with Crippen LogP contribution in [0.4, 0.5) is 5.69 Å². The minimum absolute atomic E-state index is 0.0105. The van der Waals surface area contributed by atoms with E-state index in [4.69, 9.17) is 0 Å². The van der Waals surface area contributed by atoms with Crippen LogP contribution in [0, 0.1) is 13.8 Å². The highest BCUT2D eigenvalue weighted by Gasteiger charge is 2.45. The second-order valence-electron chi connectivity index (χ2n) is 6.74. The van der Waals surface area contributed by atoms with Gasteiger partial charge in [-0.05, 0) is 43.7 Å². The van der Waals surface area contributed by atoms with Crippen LogP contribution in [-0.4, -0.2) is 26.9 Å². The molecule has 2 heterocycles. The molecule has 0 bridgehead atoms. The van der Waals surface area contributed by atoms with E-state index in [9.17, 15) is 19.8 Å². The van der Waals surface area contributed by atoms with E-state index in [1.165, 1.54) is 28.4 Å². The monoisotopic (exact) mass is 406 g/mol. The normalized spacial score (nSPS) is 16.6. The maximum Gasteiger partial charge on any atom is 0.294 e. The molecule has 0 radical (unpaired) electrons. The molecule has 1 aromatic heterocycles. The van der Waals surface area contributed by atoms with Crippen molar-refractivity contribution in [3.05, 3.63) is 87.1 Å². The fourth-order valence-electron chi connectivity index (χ4n) is 3.53. The Morgan fingerprint density at radius 2 is 1.69 bits per heavy atom. The molecule has 2 aromatic carbocycles. The van der Waals surface area contributed by atoms with Gasteiger partial charge in [0.25, 0.3) is 5.91 Å². The van der Waals surface area contributed by atoms with Gasteiger partial charge in [-0.2, -0.15) is 0 Å². The molecular formula is C22H18N2O4S. The fourth-order valence-corrected chi connectivity index (χ4v) is 4.40. The third kappa shape index (κ3) is 3.19. The Morgan fingerprint density at radius 1 is 1.03 bits per heavy atom. The highest BCUT2D eigenvalue weighted by Crippen LogP contribution is 2.42. The number of aromatic hydroxyl groups is 1. The zero-order valence-corrected chi connectivity index (χ0v) is 16.6. The summed E-state index contributed by atoms with van der Waals surface area (Å²) in [7, 11) is 0. The zero-order valence-electron chi connectivity index (χ0n) is 15.8. The van der Waals surface area contributed by atoms with E-state index in [2.05, 4.69) is 4.98 Å². The molecule has 1 unspecified atom stereocenters. The molecule has 1 atom stereocenters. The molecule has 4 rings (SSSR count). The predicted octanol–water partition coefficient (Wildman–Crippen LogP) is 4.25. The summed E-state index contributed by atoms with van der Waals surface area (Å²) in [5.74, 6) is -1.56. The number of hydrogen-bond acceptors (Lipinski definition) is 6. The van der Waals surface area contributed by atoms with Crippen molar-refractivity contribution < 1.29 is 19.8 Å². The van der Waals surface area contributed by atoms with Crippen LogP contribution in [0.2, 0.25) is 0 Å². The Labute approximate surface area is 171 Å². The number of thiazole rings is 1. The SMILES string of the molecule is Cc1nc(C)c(C(=O)C2=C(O)C(=O)N(c3ccccc3)C2c2ccc(O)cc2)s1. The van der Waals surface area contributed by atoms with Crippen LogP contribution in [0.25, 0.3) is 0 Å². The van der Waals surface area contributed by atoms with Crippen molar-refractivity contribution in [1.82, 2.24) is 4.98 Å². The number of aryl methyl sites for hydroxylation is 2. The molecule has 6 nitrogen and oxygen atoms in total. The van der Waals surface area contributed by atoms with Crippen LogP contribution in [0.5, 0.6) is 5.75 Å². The third-order valence-electron chi connectivity index (χ3n) is 4.81. The van der Waals surface area contributed by atoms with Crippen LogP contribution in [0.3, 0.4) is 0 Å². The van der Waals surface area contributed by atoms with Gasteiger partial charge in [0.1, 0.15) is 5.75 Å². The molecule has 0 saturated carbocycles. The number of carbonyl (C=O) groups excluding carboxylic acids is 2. The molecule has 1 amide bonds. The highest BCUT2D eigenvalue weighted by atomic mass is 32.1. The Morgan fingerprint density at radius 3 is 2.28 bits per heavy atom. The molecule has 0 spiro atoms. The van der Waals surface area contributed by atoms with E-state index in [1.54, 1.807) is 50.2 Å². The molecule has 0 saturated heterocycles. The number of aromatic nitrogens is 1. The minimum Gasteiger partial charge on any atom is -0.508 e. The van der Waals surface area contributed by atoms with Gasteiger partial charge in [0.2, 0.25) is 5.78 Å². The minimum atomic E-state index is -0.820. The summed E-state index contributed by atoms with van der Waals surface area (Å²) in [5.41, 5.74) is 1.73. The first-order chi connectivity index (χ1) is 13.9. The third-order valence-corrected chi connectivity index (χ3v) is 5.88. The summed E-state index contributed by atoms with van der Waals surface area (Å²) in [4.78, 5) is 32.5. The largest absolute Gasteiger partial charge is 0.508 e. The number of benzene rings is 2. The van der Waals surface area contributed by atoms with Gasteiger partial charge in [-0.3, -0.25) is 14.5 Å². The number of nitrogens with zero attached hydrogens (tertiary/aromatic N) is 2. The molecule has 7 heteroatoms. The van der Waals surface area contributed by atoms with E-state index in [0.717, 1.165) is 5.01 Å². The maximum atomic E-state index is 13.4. The summed E-state index contributed by atoms with van der Waals surface area (Å²) in [5, 5.41) is 21.1. The number of anilines is 1. The highest BCUT2D eigenvalue weighted by molar-refractivity contribution is 7.14. The van der Waals surface area contributed by atoms with Crippen molar-refractivity contribution in [3.8, 4) is 5.75 Å². The maximum absolute atomic E-state index is 13.4. The first kappa shape index (κ1) is 18.9. The fraction of sp³-hybridized carbons (Fsp3) is 0.136. The Bertz CT molecular complexity index is 1130. The molecule has 3 aromatic rings. The summed E-state index contributed by atoms with van der Waals surface area (Å²) < 4.78 is 0. The topological polar surface area (TPSA) is 90.7 Å². The summed E-state index contributed by atoms with van der Waals surface area (Å²) >= 11 is 1.23. The molecule has 0 fully saturated rings. The van der Waals surface area contributed by atoms with Crippen molar-refractivity contribution in [2.45, 2.75) is 19.9 Å². The average Bonchev–Trinajstić information content (AvgIpc) is 3.18. The molecule has 1 aliphatic rings. The smallest absolute Gasteiger partial charge is 0.294 e. The van der Waals surface area contributed by atoms with Crippen LogP contribution >= 0.6 is 11.3 Å². The second-order valence-corrected chi connectivity index (χ2v) is 7.95. The Balaban J connectivity index is 1.89. The molecule has 146 valence electrons. The van der Waals surface area contributed by atoms with Gasteiger partial charge >= 0.3 is 0 Å². The van der Waals surface area contributed by atoms with Gasteiger partial charge < -0.3 is 10.2 Å². The van der Waals surface area contributed by atoms with Crippen molar-refractivity contribution in [2.24, 2.45) is 0 Å². The van der Waals surface area contributed by atoms with Gasteiger partial charge in [-0.15, -0.1) is 11.3 Å². The summed E-state index contributed by atoms with van der Waals surface area (Å²) in [6.45, 7) is 3.53. The molecule has 2 N–H and O–H groups in total. The van der Waals surface area contributed by atoms with Gasteiger partial charge in [-0.1, -0.05) is 30.3 Å². The molecule has 1 aliphatic heterocycles. The van der Waals surface area contributed by atoms with Gasteiger partial charge in [0.05, 0.1) is 27.2 Å². The van der Waals surface area contributed by atoms with Crippen LogP contribution < -0.4 is 4.90 Å². The molecule has 29 heavy (non-hydrogen) atoms. The lowest BCUT2D eigenvalue weighted by molar-refractivity contribution is -0.117. The van der Waals surface area contributed by atoms with E-state index in [1.807, 2.05) is 6.07 Å². The number of aliphatic hydroxyl groups is 1. The first-order valence-electron chi connectivity index (χ1n) is 8.98. The van der Waals surface area contributed by atoms with Gasteiger partial charge in [0, 0.05) is 5.69 Å². The number of carbonyl (C=O) groups is 2. The van der Waals surface area contributed by atoms with E-state index >= 15 is 0 Å². The van der Waals surface area contributed by atoms with Crippen molar-refractivity contribution in [3.63, 3.8) is 0 Å². The molecular weight excluding hydrogens is 388 g/mol. The van der Waals surface area contributed by atoms with Gasteiger partial charge in [-0.25, -0.2) is 4.98 Å². The van der Waals surface area contributed by atoms with Crippen LogP contribution in [-0.2, 0) is 4.79 Å². The summed E-state index contributed by atoms with van der Waals surface area (Å²) in [6, 6.07) is 14.3. The summed E-state index contributed by atoms with van der Waals surface area (Å²) in [6.07, 6.45) is 0. The number of aliphatic hydroxyl groups excluding tert-OH is 1. The predicted molar refractivity (Wildman–Crippen MR) is 110 cm³/mol. The number of amides is 1.